The summed E-state index contributed by atoms with van der Waals surface area (Å²) in [5, 5.41) is 2.96. The van der Waals surface area contributed by atoms with Gasteiger partial charge in [-0.3, -0.25) is 4.79 Å². The third-order valence-electron chi connectivity index (χ3n) is 2.83. The Labute approximate surface area is 104 Å². The van der Waals surface area contributed by atoms with Gasteiger partial charge in [0.15, 0.2) is 0 Å². The van der Waals surface area contributed by atoms with Gasteiger partial charge in [-0.1, -0.05) is 6.92 Å². The zero-order valence-electron chi connectivity index (χ0n) is 10.1. The average molecular weight is 251 g/mol. The number of hydrogen-bond acceptors (Lipinski definition) is 3. The molecule has 1 saturated heterocycles. The summed E-state index contributed by atoms with van der Waals surface area (Å²) in [4.78, 5) is 11.5. The zero-order valence-corrected chi connectivity index (χ0v) is 10.9. The van der Waals surface area contributed by atoms with Crippen molar-refractivity contribution in [3.8, 4) is 0 Å². The fourth-order valence-corrected chi connectivity index (χ4v) is 1.78. The lowest BCUT2D eigenvalue weighted by Crippen LogP contribution is -2.40. The van der Waals surface area contributed by atoms with Crippen molar-refractivity contribution >= 4 is 18.3 Å². The van der Waals surface area contributed by atoms with Crippen molar-refractivity contribution < 1.29 is 9.53 Å². The molecule has 1 amide bonds. The first-order chi connectivity index (χ1) is 7.13. The number of rotatable bonds is 5. The van der Waals surface area contributed by atoms with E-state index < -0.39 is 0 Å². The number of nitrogens with two attached hydrogens (primary N) is 1. The molecule has 3 N–H and O–H groups in total. The maximum atomic E-state index is 11.5. The molecule has 0 radical (unpaired) electrons. The van der Waals surface area contributed by atoms with Crippen LogP contribution in [0.4, 0.5) is 0 Å². The van der Waals surface area contributed by atoms with E-state index in [9.17, 15) is 4.79 Å². The molecule has 5 heteroatoms. The highest BCUT2D eigenvalue weighted by Crippen LogP contribution is 2.16. The fraction of sp³-hybridized carbons (Fsp3) is 0.909. The molecular weight excluding hydrogens is 228 g/mol. The maximum absolute atomic E-state index is 11.5. The first-order valence-corrected chi connectivity index (χ1v) is 5.75. The molecule has 1 rings (SSSR count). The Morgan fingerprint density at radius 2 is 2.25 bits per heavy atom. The molecule has 3 atom stereocenters. The Balaban J connectivity index is 0.00000225. The van der Waals surface area contributed by atoms with Crippen LogP contribution in [0.3, 0.4) is 0 Å². The normalized spacial score (nSPS) is 23.3. The van der Waals surface area contributed by atoms with E-state index in [0.29, 0.717) is 12.6 Å². The topological polar surface area (TPSA) is 64.3 Å². The Bertz CT molecular complexity index is 208. The number of carbonyl (C=O) groups is 1. The monoisotopic (exact) mass is 250 g/mol. The number of halogens is 1. The lowest BCUT2D eigenvalue weighted by molar-refractivity contribution is -0.125. The molecule has 0 aromatic heterocycles. The molecule has 96 valence electrons. The summed E-state index contributed by atoms with van der Waals surface area (Å²) >= 11 is 0. The van der Waals surface area contributed by atoms with Crippen LogP contribution in [0, 0.1) is 5.92 Å². The molecule has 0 saturated carbocycles. The van der Waals surface area contributed by atoms with E-state index in [1.807, 2.05) is 13.8 Å². The lowest BCUT2D eigenvalue weighted by Gasteiger charge is -2.19. The summed E-state index contributed by atoms with van der Waals surface area (Å²) < 4.78 is 5.52. The molecule has 3 unspecified atom stereocenters. The summed E-state index contributed by atoms with van der Waals surface area (Å²) in [6.45, 7) is 5.12. The number of nitrogens with one attached hydrogen (secondary N) is 1. The first kappa shape index (κ1) is 15.7. The Morgan fingerprint density at radius 3 is 2.75 bits per heavy atom. The molecule has 0 spiro atoms. The molecule has 1 aliphatic rings. The summed E-state index contributed by atoms with van der Waals surface area (Å²) in [6.07, 6.45) is 3.49. The highest BCUT2D eigenvalue weighted by atomic mass is 35.5. The smallest absolute Gasteiger partial charge is 0.224 e. The standard InChI is InChI=1S/C11H22N2O2.ClH/c1-8(7-12)11(14)13-9(2)6-10-4-3-5-15-10;/h8-10H,3-7,12H2,1-2H3,(H,13,14);1H. The van der Waals surface area contributed by atoms with Gasteiger partial charge < -0.3 is 15.8 Å². The van der Waals surface area contributed by atoms with Gasteiger partial charge in [-0.25, -0.2) is 0 Å². The predicted molar refractivity (Wildman–Crippen MR) is 66.7 cm³/mol. The van der Waals surface area contributed by atoms with E-state index >= 15 is 0 Å². The van der Waals surface area contributed by atoms with Crippen LogP contribution >= 0.6 is 12.4 Å². The van der Waals surface area contributed by atoms with Gasteiger partial charge in [-0.15, -0.1) is 12.4 Å². The van der Waals surface area contributed by atoms with Crippen LogP contribution in [0.1, 0.15) is 33.1 Å². The second kappa shape index (κ2) is 7.87. The third kappa shape index (κ3) is 5.14. The minimum atomic E-state index is -0.100. The Kier molecular flexibility index (Phi) is 7.72. The minimum Gasteiger partial charge on any atom is -0.378 e. The van der Waals surface area contributed by atoms with Crippen LogP contribution in [-0.2, 0) is 9.53 Å². The third-order valence-corrected chi connectivity index (χ3v) is 2.83. The highest BCUT2D eigenvalue weighted by molar-refractivity contribution is 5.85. The van der Waals surface area contributed by atoms with Gasteiger partial charge in [-0.2, -0.15) is 0 Å². The van der Waals surface area contributed by atoms with E-state index in [-0.39, 0.29) is 30.3 Å². The molecule has 0 aliphatic carbocycles. The van der Waals surface area contributed by atoms with E-state index in [1.54, 1.807) is 0 Å². The van der Waals surface area contributed by atoms with Crippen LogP contribution < -0.4 is 11.1 Å². The molecule has 1 aliphatic heterocycles. The molecule has 1 heterocycles. The minimum absolute atomic E-state index is 0. The summed E-state index contributed by atoms with van der Waals surface area (Å²) in [6, 6.07) is 0.176. The number of carbonyl (C=O) groups excluding carboxylic acids is 1. The lowest BCUT2D eigenvalue weighted by atomic mass is 10.1. The van der Waals surface area contributed by atoms with Crippen LogP contribution in [0.5, 0.6) is 0 Å². The van der Waals surface area contributed by atoms with Crippen molar-refractivity contribution in [1.29, 1.82) is 0 Å². The highest BCUT2D eigenvalue weighted by Gasteiger charge is 2.20. The van der Waals surface area contributed by atoms with Crippen molar-refractivity contribution in [2.75, 3.05) is 13.2 Å². The first-order valence-electron chi connectivity index (χ1n) is 5.75. The van der Waals surface area contributed by atoms with E-state index in [1.165, 1.54) is 0 Å². The van der Waals surface area contributed by atoms with Gasteiger partial charge in [0.05, 0.1) is 6.10 Å². The quantitative estimate of drug-likeness (QED) is 0.768. The largest absolute Gasteiger partial charge is 0.378 e. The zero-order chi connectivity index (χ0) is 11.3. The van der Waals surface area contributed by atoms with Crippen LogP contribution in [0.25, 0.3) is 0 Å². The van der Waals surface area contributed by atoms with Gasteiger partial charge in [0.2, 0.25) is 5.91 Å². The molecule has 0 bridgehead atoms. The van der Waals surface area contributed by atoms with E-state index in [0.717, 1.165) is 25.9 Å². The molecule has 4 nitrogen and oxygen atoms in total. The molecule has 0 aromatic rings. The average Bonchev–Trinajstić information content (AvgIpc) is 2.68. The second-order valence-corrected chi connectivity index (χ2v) is 4.42. The fourth-order valence-electron chi connectivity index (χ4n) is 1.78. The van der Waals surface area contributed by atoms with E-state index in [2.05, 4.69) is 5.32 Å². The van der Waals surface area contributed by atoms with E-state index in [4.69, 9.17) is 10.5 Å². The second-order valence-electron chi connectivity index (χ2n) is 4.42. The molecule has 16 heavy (non-hydrogen) atoms. The summed E-state index contributed by atoms with van der Waals surface area (Å²) in [7, 11) is 0. The van der Waals surface area contributed by atoms with Gasteiger partial charge in [0, 0.05) is 25.1 Å². The van der Waals surface area contributed by atoms with Crippen molar-refractivity contribution in [3.63, 3.8) is 0 Å². The molecular formula is C11H23ClN2O2. The van der Waals surface area contributed by atoms with Gasteiger partial charge in [0.25, 0.3) is 0 Å². The number of amides is 1. The van der Waals surface area contributed by atoms with Gasteiger partial charge >= 0.3 is 0 Å². The Morgan fingerprint density at radius 1 is 1.56 bits per heavy atom. The summed E-state index contributed by atoms with van der Waals surface area (Å²) in [5.41, 5.74) is 5.43. The number of hydrogen-bond donors (Lipinski definition) is 2. The van der Waals surface area contributed by atoms with Crippen LogP contribution in [0.2, 0.25) is 0 Å². The van der Waals surface area contributed by atoms with Crippen molar-refractivity contribution in [2.45, 2.75) is 45.3 Å². The van der Waals surface area contributed by atoms with Crippen molar-refractivity contribution in [3.05, 3.63) is 0 Å². The molecule has 0 aromatic carbocycles. The van der Waals surface area contributed by atoms with Crippen molar-refractivity contribution in [1.82, 2.24) is 5.32 Å². The number of ether oxygens (including phenoxy) is 1. The predicted octanol–water partition coefficient (Wildman–Crippen LogP) is 1.08. The Hall–Kier alpha value is -0.320. The molecule has 1 fully saturated rings. The summed E-state index contributed by atoms with van der Waals surface area (Å²) in [5.74, 6) is -0.0556. The van der Waals surface area contributed by atoms with Gasteiger partial charge in [-0.05, 0) is 26.2 Å². The van der Waals surface area contributed by atoms with Crippen LogP contribution in [-0.4, -0.2) is 31.2 Å². The maximum Gasteiger partial charge on any atom is 0.224 e. The SMILES string of the molecule is CC(CC1CCCO1)NC(=O)C(C)CN.Cl. The van der Waals surface area contributed by atoms with Crippen LogP contribution in [0.15, 0.2) is 0 Å². The van der Waals surface area contributed by atoms with Crippen molar-refractivity contribution in [2.24, 2.45) is 11.7 Å². The van der Waals surface area contributed by atoms with Gasteiger partial charge in [0.1, 0.15) is 0 Å².